The molecule has 5 rings (SSSR count). The average molecular weight is 492 g/mol. The number of carbonyl (C=O) groups excluding carboxylic acids is 1. The Balaban J connectivity index is 1.57. The zero-order chi connectivity index (χ0) is 24.4. The summed E-state index contributed by atoms with van der Waals surface area (Å²) in [4.78, 5) is 33.1. The van der Waals surface area contributed by atoms with Gasteiger partial charge in [-0.05, 0) is 79.4 Å². The SMILES string of the molecule is O=C(c1ccc2c(=O)n(-c3ccc(F)cc3)c(SCc3ccc(F)cc3)nc2c1)N1CCCCC1. The van der Waals surface area contributed by atoms with Gasteiger partial charge in [-0.15, -0.1) is 0 Å². The number of piperidine rings is 1. The van der Waals surface area contributed by atoms with Gasteiger partial charge in [-0.1, -0.05) is 23.9 Å². The van der Waals surface area contributed by atoms with Crippen LogP contribution >= 0.6 is 11.8 Å². The van der Waals surface area contributed by atoms with E-state index in [2.05, 4.69) is 0 Å². The maximum Gasteiger partial charge on any atom is 0.266 e. The summed E-state index contributed by atoms with van der Waals surface area (Å²) in [6, 6.07) is 16.7. The van der Waals surface area contributed by atoms with Gasteiger partial charge in [-0.25, -0.2) is 13.8 Å². The molecule has 0 N–H and O–H groups in total. The number of aromatic nitrogens is 2. The van der Waals surface area contributed by atoms with Crippen LogP contribution in [0.1, 0.15) is 35.2 Å². The first-order valence-electron chi connectivity index (χ1n) is 11.5. The molecule has 1 aromatic heterocycles. The van der Waals surface area contributed by atoms with Crippen LogP contribution in [0.5, 0.6) is 0 Å². The first-order valence-corrected chi connectivity index (χ1v) is 12.5. The second kappa shape index (κ2) is 10.00. The molecule has 0 radical (unpaired) electrons. The number of amides is 1. The average Bonchev–Trinajstić information content (AvgIpc) is 2.89. The summed E-state index contributed by atoms with van der Waals surface area (Å²) in [5.41, 5.74) is 1.98. The molecule has 1 fully saturated rings. The number of likely N-dealkylation sites (tertiary alicyclic amines) is 1. The van der Waals surface area contributed by atoms with Crippen molar-refractivity contribution >= 4 is 28.6 Å². The van der Waals surface area contributed by atoms with Crippen LogP contribution in [-0.4, -0.2) is 33.4 Å². The minimum Gasteiger partial charge on any atom is -0.339 e. The van der Waals surface area contributed by atoms with Gasteiger partial charge in [0, 0.05) is 24.4 Å². The number of fused-ring (bicyclic) bond motifs is 1. The minimum atomic E-state index is -0.406. The standard InChI is InChI=1S/C27H23F2N3O2S/c28-20-7-4-18(5-8-20)17-35-27-30-24-16-19(25(33)31-14-2-1-3-15-31)6-13-23(24)26(34)32(27)22-11-9-21(29)10-12-22/h4-13,16H,1-3,14-15,17H2. The number of halogens is 2. The Morgan fingerprint density at radius 1 is 0.886 bits per heavy atom. The molecule has 0 bridgehead atoms. The van der Waals surface area contributed by atoms with Crippen molar-refractivity contribution in [3.8, 4) is 5.69 Å². The second-order valence-electron chi connectivity index (χ2n) is 8.51. The van der Waals surface area contributed by atoms with E-state index in [0.717, 1.165) is 37.9 Å². The first-order chi connectivity index (χ1) is 17.0. The van der Waals surface area contributed by atoms with Crippen LogP contribution in [-0.2, 0) is 5.75 Å². The highest BCUT2D eigenvalue weighted by Gasteiger charge is 2.20. The number of rotatable bonds is 5. The van der Waals surface area contributed by atoms with Gasteiger partial charge in [0.05, 0.1) is 16.6 Å². The predicted molar refractivity (Wildman–Crippen MR) is 133 cm³/mol. The Labute approximate surface area is 205 Å². The van der Waals surface area contributed by atoms with Crippen LogP contribution in [0.2, 0.25) is 0 Å². The Morgan fingerprint density at radius 2 is 1.54 bits per heavy atom. The van der Waals surface area contributed by atoms with Crippen molar-refractivity contribution in [2.45, 2.75) is 30.2 Å². The van der Waals surface area contributed by atoms with Crippen molar-refractivity contribution in [2.75, 3.05) is 13.1 Å². The molecule has 4 aromatic rings. The van der Waals surface area contributed by atoms with E-state index in [4.69, 9.17) is 4.98 Å². The topological polar surface area (TPSA) is 55.2 Å². The van der Waals surface area contributed by atoms with E-state index in [1.165, 1.54) is 52.7 Å². The number of thioether (sulfide) groups is 1. The molecule has 35 heavy (non-hydrogen) atoms. The minimum absolute atomic E-state index is 0.0587. The summed E-state index contributed by atoms with van der Waals surface area (Å²) in [5, 5.41) is 0.775. The van der Waals surface area contributed by atoms with E-state index in [1.54, 1.807) is 30.3 Å². The van der Waals surface area contributed by atoms with Crippen molar-refractivity contribution < 1.29 is 13.6 Å². The number of hydrogen-bond acceptors (Lipinski definition) is 4. The fourth-order valence-corrected chi connectivity index (χ4v) is 5.19. The molecule has 0 aliphatic carbocycles. The first kappa shape index (κ1) is 23.2. The molecule has 1 aliphatic rings. The molecular formula is C27H23F2N3O2S. The lowest BCUT2D eigenvalue weighted by Crippen LogP contribution is -2.35. The van der Waals surface area contributed by atoms with Gasteiger partial charge in [0.2, 0.25) is 0 Å². The second-order valence-corrected chi connectivity index (χ2v) is 9.45. The third-order valence-corrected chi connectivity index (χ3v) is 7.10. The number of benzene rings is 3. The van der Waals surface area contributed by atoms with Gasteiger partial charge < -0.3 is 4.90 Å². The monoisotopic (exact) mass is 491 g/mol. The molecule has 0 spiro atoms. The Morgan fingerprint density at radius 3 is 2.23 bits per heavy atom. The Hall–Kier alpha value is -3.52. The van der Waals surface area contributed by atoms with E-state index >= 15 is 0 Å². The zero-order valence-electron chi connectivity index (χ0n) is 18.9. The Bertz CT molecular complexity index is 1430. The molecule has 1 amide bonds. The molecule has 1 aliphatic heterocycles. The fourth-order valence-electron chi connectivity index (χ4n) is 4.22. The number of hydrogen-bond donors (Lipinski definition) is 0. The quantitative estimate of drug-likeness (QED) is 0.270. The maximum absolute atomic E-state index is 13.6. The predicted octanol–water partition coefficient (Wildman–Crippen LogP) is 5.58. The van der Waals surface area contributed by atoms with E-state index < -0.39 is 5.82 Å². The van der Waals surface area contributed by atoms with Gasteiger partial charge in [0.1, 0.15) is 11.6 Å². The Kier molecular flexibility index (Phi) is 6.63. The summed E-state index contributed by atoms with van der Waals surface area (Å²) in [6.45, 7) is 1.46. The van der Waals surface area contributed by atoms with E-state index in [1.807, 2.05) is 4.90 Å². The number of nitrogens with zero attached hydrogens (tertiary/aromatic N) is 3. The maximum atomic E-state index is 13.6. The molecule has 0 saturated carbocycles. The molecule has 2 heterocycles. The highest BCUT2D eigenvalue weighted by Crippen LogP contribution is 2.26. The summed E-state index contributed by atoms with van der Waals surface area (Å²) in [5.74, 6) is -0.337. The van der Waals surface area contributed by atoms with E-state index in [9.17, 15) is 18.4 Å². The molecule has 3 aromatic carbocycles. The smallest absolute Gasteiger partial charge is 0.266 e. The van der Waals surface area contributed by atoms with E-state index in [0.29, 0.717) is 33.1 Å². The summed E-state index contributed by atoms with van der Waals surface area (Å²) < 4.78 is 28.3. The van der Waals surface area contributed by atoms with Gasteiger partial charge in [-0.2, -0.15) is 0 Å². The van der Waals surface area contributed by atoms with Crippen LogP contribution in [0.15, 0.2) is 76.7 Å². The van der Waals surface area contributed by atoms with Gasteiger partial charge in [-0.3, -0.25) is 14.2 Å². The molecule has 8 heteroatoms. The summed E-state index contributed by atoms with van der Waals surface area (Å²) in [7, 11) is 0. The largest absolute Gasteiger partial charge is 0.339 e. The van der Waals surface area contributed by atoms with Crippen molar-refractivity contribution in [1.82, 2.24) is 14.5 Å². The van der Waals surface area contributed by atoms with Gasteiger partial charge in [0.15, 0.2) is 5.16 Å². The lowest BCUT2D eigenvalue weighted by molar-refractivity contribution is 0.0724. The summed E-state index contributed by atoms with van der Waals surface area (Å²) in [6.07, 6.45) is 3.11. The zero-order valence-corrected chi connectivity index (χ0v) is 19.7. The summed E-state index contributed by atoms with van der Waals surface area (Å²) >= 11 is 1.32. The van der Waals surface area contributed by atoms with Crippen LogP contribution in [0, 0.1) is 11.6 Å². The molecule has 5 nitrogen and oxygen atoms in total. The van der Waals surface area contributed by atoms with Crippen molar-refractivity contribution in [3.05, 3.63) is 99.8 Å². The molecule has 1 saturated heterocycles. The van der Waals surface area contributed by atoms with Crippen LogP contribution < -0.4 is 5.56 Å². The van der Waals surface area contributed by atoms with Gasteiger partial charge >= 0.3 is 0 Å². The van der Waals surface area contributed by atoms with Crippen LogP contribution in [0.25, 0.3) is 16.6 Å². The fraction of sp³-hybridized carbons (Fsp3) is 0.222. The van der Waals surface area contributed by atoms with Crippen molar-refractivity contribution in [3.63, 3.8) is 0 Å². The van der Waals surface area contributed by atoms with Crippen LogP contribution in [0.4, 0.5) is 8.78 Å². The number of carbonyl (C=O) groups is 1. The third kappa shape index (κ3) is 4.98. The molecule has 0 atom stereocenters. The normalized spacial score (nSPS) is 13.8. The lowest BCUT2D eigenvalue weighted by Gasteiger charge is -2.26. The molecular weight excluding hydrogens is 468 g/mol. The van der Waals surface area contributed by atoms with Gasteiger partial charge in [0.25, 0.3) is 11.5 Å². The third-order valence-electron chi connectivity index (χ3n) is 6.09. The van der Waals surface area contributed by atoms with Crippen molar-refractivity contribution in [1.29, 1.82) is 0 Å². The molecule has 178 valence electrons. The van der Waals surface area contributed by atoms with Crippen molar-refractivity contribution in [2.24, 2.45) is 0 Å². The lowest BCUT2D eigenvalue weighted by atomic mass is 10.1. The highest BCUT2D eigenvalue weighted by atomic mass is 32.2. The van der Waals surface area contributed by atoms with E-state index in [-0.39, 0.29) is 17.3 Å². The highest BCUT2D eigenvalue weighted by molar-refractivity contribution is 7.98. The van der Waals surface area contributed by atoms with Crippen LogP contribution in [0.3, 0.4) is 0 Å². The molecule has 0 unspecified atom stereocenters.